The van der Waals surface area contributed by atoms with Gasteiger partial charge in [0.25, 0.3) is 0 Å². The molecule has 0 saturated carbocycles. The van der Waals surface area contributed by atoms with Gasteiger partial charge in [0, 0.05) is 19.5 Å². The summed E-state index contributed by atoms with van der Waals surface area (Å²) in [7, 11) is -3.50. The summed E-state index contributed by atoms with van der Waals surface area (Å²) in [6, 6.07) is 15.3. The Balaban J connectivity index is 1.57. The number of benzene rings is 2. The predicted molar refractivity (Wildman–Crippen MR) is 130 cm³/mol. The Morgan fingerprint density at radius 2 is 1.55 bits per heavy atom. The van der Waals surface area contributed by atoms with E-state index in [4.69, 9.17) is 4.74 Å². The quantitative estimate of drug-likeness (QED) is 0.565. The summed E-state index contributed by atoms with van der Waals surface area (Å²) in [4.78, 5) is 13.0. The standard InChI is InChI=1S/C26H36N2O4S/c1-4-5-21-6-11-23(12-7-21)26(20(2)3)27-25(29)15-10-22-8-13-24(14-9-22)33(30,31)28-16-18-32-19-17-28/h6-9,11-14,20,26H,4-5,10,15-19H2,1-3H3,(H,27,29). The monoisotopic (exact) mass is 472 g/mol. The lowest BCUT2D eigenvalue weighted by Crippen LogP contribution is -2.40. The minimum absolute atomic E-state index is 0.00338. The van der Waals surface area contributed by atoms with Crippen LogP contribution in [0.1, 0.15) is 56.3 Å². The van der Waals surface area contributed by atoms with E-state index in [1.54, 1.807) is 24.3 Å². The third-order valence-corrected chi connectivity index (χ3v) is 7.95. The number of nitrogens with one attached hydrogen (secondary N) is 1. The average molecular weight is 473 g/mol. The number of aryl methyl sites for hydroxylation is 2. The van der Waals surface area contributed by atoms with E-state index in [2.05, 4.69) is 50.4 Å². The van der Waals surface area contributed by atoms with Gasteiger partial charge in [-0.25, -0.2) is 8.42 Å². The SMILES string of the molecule is CCCc1ccc(C(NC(=O)CCc2ccc(S(=O)(=O)N3CCOCC3)cc2)C(C)C)cc1. The molecule has 0 bridgehead atoms. The fourth-order valence-electron chi connectivity index (χ4n) is 4.08. The van der Waals surface area contributed by atoms with E-state index >= 15 is 0 Å². The largest absolute Gasteiger partial charge is 0.379 e. The second kappa shape index (κ2) is 11.8. The highest BCUT2D eigenvalue weighted by Crippen LogP contribution is 2.23. The van der Waals surface area contributed by atoms with Crippen LogP contribution < -0.4 is 5.32 Å². The molecule has 0 radical (unpaired) electrons. The van der Waals surface area contributed by atoms with Crippen molar-refractivity contribution in [3.05, 3.63) is 65.2 Å². The number of sulfonamides is 1. The molecule has 1 heterocycles. The molecule has 1 unspecified atom stereocenters. The average Bonchev–Trinajstić information content (AvgIpc) is 2.83. The maximum absolute atomic E-state index is 12.7. The number of nitrogens with zero attached hydrogens (tertiary/aromatic N) is 1. The number of carbonyl (C=O) groups excluding carboxylic acids is 1. The molecule has 1 aliphatic heterocycles. The number of hydrogen-bond donors (Lipinski definition) is 1. The van der Waals surface area contributed by atoms with Crippen molar-refractivity contribution in [2.45, 2.75) is 57.4 Å². The number of carbonyl (C=O) groups is 1. The van der Waals surface area contributed by atoms with Gasteiger partial charge in [-0.3, -0.25) is 4.79 Å². The van der Waals surface area contributed by atoms with E-state index < -0.39 is 10.0 Å². The van der Waals surface area contributed by atoms with Crippen LogP contribution in [0.4, 0.5) is 0 Å². The van der Waals surface area contributed by atoms with Gasteiger partial charge < -0.3 is 10.1 Å². The van der Waals surface area contributed by atoms with Gasteiger partial charge in [-0.1, -0.05) is 63.6 Å². The smallest absolute Gasteiger partial charge is 0.243 e. The van der Waals surface area contributed by atoms with Gasteiger partial charge in [-0.2, -0.15) is 4.31 Å². The van der Waals surface area contributed by atoms with Crippen molar-refractivity contribution in [2.75, 3.05) is 26.3 Å². The molecule has 180 valence electrons. The highest BCUT2D eigenvalue weighted by Gasteiger charge is 2.26. The van der Waals surface area contributed by atoms with Crippen molar-refractivity contribution >= 4 is 15.9 Å². The van der Waals surface area contributed by atoms with Crippen LogP contribution in [0.3, 0.4) is 0 Å². The number of morpholine rings is 1. The fourth-order valence-corrected chi connectivity index (χ4v) is 5.49. The second-order valence-corrected chi connectivity index (χ2v) is 10.9. The first kappa shape index (κ1) is 25.4. The molecule has 1 amide bonds. The molecule has 2 aromatic rings. The van der Waals surface area contributed by atoms with Crippen LogP contribution in [-0.4, -0.2) is 44.9 Å². The zero-order valence-electron chi connectivity index (χ0n) is 19.9. The molecule has 1 aliphatic rings. The molecule has 1 atom stereocenters. The molecule has 0 aromatic heterocycles. The van der Waals surface area contributed by atoms with Gasteiger partial charge in [0.15, 0.2) is 0 Å². The normalized spacial score (nSPS) is 16.0. The zero-order valence-corrected chi connectivity index (χ0v) is 20.7. The molecule has 1 fully saturated rings. The lowest BCUT2D eigenvalue weighted by molar-refractivity contribution is -0.122. The zero-order chi connectivity index (χ0) is 23.8. The molecule has 7 heteroatoms. The van der Waals surface area contributed by atoms with E-state index in [0.29, 0.717) is 39.1 Å². The Bertz CT molecular complexity index is 996. The first-order valence-electron chi connectivity index (χ1n) is 11.9. The van der Waals surface area contributed by atoms with E-state index in [1.807, 2.05) is 0 Å². The number of hydrogen-bond acceptors (Lipinski definition) is 4. The van der Waals surface area contributed by atoms with Crippen LogP contribution in [-0.2, 0) is 32.4 Å². The Kier molecular flexibility index (Phi) is 9.06. The summed E-state index contributed by atoms with van der Waals surface area (Å²) in [6.45, 7) is 7.99. The van der Waals surface area contributed by atoms with Gasteiger partial charge in [0.05, 0.1) is 24.2 Å². The highest BCUT2D eigenvalue weighted by molar-refractivity contribution is 7.89. The summed E-state index contributed by atoms with van der Waals surface area (Å²) >= 11 is 0. The molecule has 2 aromatic carbocycles. The molecule has 6 nitrogen and oxygen atoms in total. The fraction of sp³-hybridized carbons (Fsp3) is 0.500. The summed E-state index contributed by atoms with van der Waals surface area (Å²) < 4.78 is 32.2. The van der Waals surface area contributed by atoms with Crippen molar-refractivity contribution in [2.24, 2.45) is 5.92 Å². The second-order valence-electron chi connectivity index (χ2n) is 8.94. The van der Waals surface area contributed by atoms with Gasteiger partial charge in [-0.15, -0.1) is 0 Å². The van der Waals surface area contributed by atoms with Crippen LogP contribution in [0.25, 0.3) is 0 Å². The summed E-state index contributed by atoms with van der Waals surface area (Å²) in [5.41, 5.74) is 3.38. The van der Waals surface area contributed by atoms with E-state index in [9.17, 15) is 13.2 Å². The first-order chi connectivity index (χ1) is 15.8. The molecule has 33 heavy (non-hydrogen) atoms. The maximum Gasteiger partial charge on any atom is 0.243 e. The summed E-state index contributed by atoms with van der Waals surface area (Å²) in [5, 5.41) is 3.18. The van der Waals surface area contributed by atoms with E-state index in [0.717, 1.165) is 24.0 Å². The molecule has 0 aliphatic carbocycles. The number of rotatable bonds is 10. The topological polar surface area (TPSA) is 75.7 Å². The molecular formula is C26H36N2O4S. The molecule has 3 rings (SSSR count). The van der Waals surface area contributed by atoms with Crippen molar-refractivity contribution < 1.29 is 17.9 Å². The van der Waals surface area contributed by atoms with Crippen LogP contribution in [0.5, 0.6) is 0 Å². The van der Waals surface area contributed by atoms with Gasteiger partial charge >= 0.3 is 0 Å². The highest BCUT2D eigenvalue weighted by atomic mass is 32.2. The first-order valence-corrected chi connectivity index (χ1v) is 13.3. The Morgan fingerprint density at radius 3 is 2.12 bits per heavy atom. The van der Waals surface area contributed by atoms with E-state index in [1.165, 1.54) is 9.87 Å². The van der Waals surface area contributed by atoms with Crippen LogP contribution in [0.15, 0.2) is 53.4 Å². The lowest BCUT2D eigenvalue weighted by Gasteiger charge is -2.26. The van der Waals surface area contributed by atoms with Crippen LogP contribution in [0.2, 0.25) is 0 Å². The van der Waals surface area contributed by atoms with E-state index in [-0.39, 0.29) is 22.8 Å². The molecule has 1 saturated heterocycles. The number of amides is 1. The molecule has 0 spiro atoms. The van der Waals surface area contributed by atoms with Gasteiger partial charge in [-0.05, 0) is 47.6 Å². The lowest BCUT2D eigenvalue weighted by atomic mass is 9.94. The number of ether oxygens (including phenoxy) is 1. The van der Waals surface area contributed by atoms with Crippen molar-refractivity contribution in [3.63, 3.8) is 0 Å². The Morgan fingerprint density at radius 1 is 0.970 bits per heavy atom. The van der Waals surface area contributed by atoms with Gasteiger partial charge in [0.1, 0.15) is 0 Å². The Hall–Kier alpha value is -2.22. The van der Waals surface area contributed by atoms with Crippen LogP contribution in [0, 0.1) is 5.92 Å². The van der Waals surface area contributed by atoms with Gasteiger partial charge in [0.2, 0.25) is 15.9 Å². The minimum atomic E-state index is -3.50. The van der Waals surface area contributed by atoms with Crippen molar-refractivity contribution in [3.8, 4) is 0 Å². The maximum atomic E-state index is 12.7. The van der Waals surface area contributed by atoms with Crippen molar-refractivity contribution in [1.29, 1.82) is 0 Å². The molecular weight excluding hydrogens is 436 g/mol. The Labute approximate surface area is 198 Å². The summed E-state index contributed by atoms with van der Waals surface area (Å²) in [5.74, 6) is 0.270. The third-order valence-electron chi connectivity index (χ3n) is 6.03. The van der Waals surface area contributed by atoms with Crippen LogP contribution >= 0.6 is 0 Å². The summed E-state index contributed by atoms with van der Waals surface area (Å²) in [6.07, 6.45) is 3.09. The molecule has 1 N–H and O–H groups in total. The third kappa shape index (κ3) is 6.88. The minimum Gasteiger partial charge on any atom is -0.379 e. The predicted octanol–water partition coefficient (Wildman–Crippen LogP) is 4.11. The van der Waals surface area contributed by atoms with Crippen molar-refractivity contribution in [1.82, 2.24) is 9.62 Å².